The number of carbonyl (C=O) groups excluding carboxylic acids is 1. The maximum Gasteiger partial charge on any atom is 0.410 e. The second-order valence-corrected chi connectivity index (χ2v) is 10.6. The fraction of sp³-hybridized carbons (Fsp3) is 0.333. The van der Waals surface area contributed by atoms with Gasteiger partial charge < -0.3 is 19.1 Å². The molecule has 0 bridgehead atoms. The number of benzene rings is 1. The standard InChI is InChI=1S/C27H28ClFN6O2/c1-17-14-33(9-10-34(17)26(36)37-27(2,3)4)24-23-21(22-7-5-6-8-30-22)15-35(25(23)32-16-31-24)20-12-18(28)11-19(29)13-20/h5-8,11-13,15-17H,9-10,14H2,1-4H3/t17-/m1/s1. The molecule has 1 aliphatic rings. The van der Waals surface area contributed by atoms with Crippen molar-refractivity contribution in [2.45, 2.75) is 39.3 Å². The topological polar surface area (TPSA) is 76.4 Å². The van der Waals surface area contributed by atoms with E-state index < -0.39 is 11.4 Å². The Morgan fingerprint density at radius 1 is 1.14 bits per heavy atom. The molecule has 0 N–H and O–H groups in total. The van der Waals surface area contributed by atoms with Crippen molar-refractivity contribution in [2.75, 3.05) is 24.5 Å². The molecular formula is C27H28ClFN6O2. The Balaban J connectivity index is 1.58. The van der Waals surface area contributed by atoms with Crippen LogP contribution in [0.25, 0.3) is 28.0 Å². The number of amides is 1. The quantitative estimate of drug-likeness (QED) is 0.342. The third kappa shape index (κ3) is 5.09. The first-order chi connectivity index (χ1) is 17.6. The predicted octanol–water partition coefficient (Wildman–Crippen LogP) is 5.72. The van der Waals surface area contributed by atoms with Crippen LogP contribution >= 0.6 is 11.6 Å². The van der Waals surface area contributed by atoms with Gasteiger partial charge in [0.1, 0.15) is 23.6 Å². The lowest BCUT2D eigenvalue weighted by molar-refractivity contribution is 0.0159. The summed E-state index contributed by atoms with van der Waals surface area (Å²) in [6, 6.07) is 9.95. The lowest BCUT2D eigenvalue weighted by Crippen LogP contribution is -2.55. The summed E-state index contributed by atoms with van der Waals surface area (Å²) in [7, 11) is 0. The van der Waals surface area contributed by atoms with E-state index in [-0.39, 0.29) is 17.2 Å². The average molecular weight is 523 g/mol. The smallest absolute Gasteiger partial charge is 0.410 e. The van der Waals surface area contributed by atoms with Crippen LogP contribution < -0.4 is 4.90 Å². The minimum atomic E-state index is -0.562. The summed E-state index contributed by atoms with van der Waals surface area (Å²) in [5.41, 5.74) is 2.14. The van der Waals surface area contributed by atoms with Crippen LogP contribution in [0.1, 0.15) is 27.7 Å². The van der Waals surface area contributed by atoms with Crippen LogP contribution in [-0.4, -0.2) is 61.8 Å². The Labute approximate surface area is 219 Å². The zero-order chi connectivity index (χ0) is 26.3. The number of halogens is 2. The van der Waals surface area contributed by atoms with Crippen molar-refractivity contribution < 1.29 is 13.9 Å². The molecule has 0 unspecified atom stereocenters. The molecule has 1 aromatic carbocycles. The highest BCUT2D eigenvalue weighted by atomic mass is 35.5. The number of ether oxygens (including phenoxy) is 1. The summed E-state index contributed by atoms with van der Waals surface area (Å²) in [6.45, 7) is 9.18. The van der Waals surface area contributed by atoms with Crippen LogP contribution in [0.3, 0.4) is 0 Å². The van der Waals surface area contributed by atoms with Gasteiger partial charge in [0.15, 0.2) is 5.65 Å². The number of hydrogen-bond acceptors (Lipinski definition) is 6. The van der Waals surface area contributed by atoms with Crippen molar-refractivity contribution in [3.05, 3.63) is 66.0 Å². The van der Waals surface area contributed by atoms with Crippen molar-refractivity contribution >= 4 is 34.5 Å². The van der Waals surface area contributed by atoms with Crippen LogP contribution in [0.15, 0.2) is 55.1 Å². The molecule has 8 nitrogen and oxygen atoms in total. The largest absolute Gasteiger partial charge is 0.444 e. The number of hydrogen-bond donors (Lipinski definition) is 0. The third-order valence-corrected chi connectivity index (χ3v) is 6.40. The van der Waals surface area contributed by atoms with Crippen LogP contribution in [0.4, 0.5) is 15.0 Å². The van der Waals surface area contributed by atoms with E-state index in [4.69, 9.17) is 16.3 Å². The Bertz CT molecular complexity index is 1430. The van der Waals surface area contributed by atoms with Crippen LogP contribution in [0.2, 0.25) is 5.02 Å². The lowest BCUT2D eigenvalue weighted by Gasteiger charge is -2.40. The summed E-state index contributed by atoms with van der Waals surface area (Å²) in [5, 5.41) is 1.08. The molecule has 5 rings (SSSR count). The zero-order valence-corrected chi connectivity index (χ0v) is 21.9. The third-order valence-electron chi connectivity index (χ3n) is 6.18. The molecule has 3 aromatic heterocycles. The summed E-state index contributed by atoms with van der Waals surface area (Å²) < 4.78 is 21.7. The molecule has 4 heterocycles. The van der Waals surface area contributed by atoms with Crippen LogP contribution in [-0.2, 0) is 4.74 Å². The number of fused-ring (bicyclic) bond motifs is 1. The van der Waals surface area contributed by atoms with E-state index in [0.29, 0.717) is 31.0 Å². The molecule has 0 aliphatic carbocycles. The summed E-state index contributed by atoms with van der Waals surface area (Å²) in [5.74, 6) is 0.285. The van der Waals surface area contributed by atoms with Gasteiger partial charge in [0.25, 0.3) is 0 Å². The predicted molar refractivity (Wildman–Crippen MR) is 142 cm³/mol. The Kier molecular flexibility index (Phi) is 6.49. The minimum Gasteiger partial charge on any atom is -0.444 e. The normalized spacial score (nSPS) is 16.3. The number of carbonyl (C=O) groups is 1. The maximum absolute atomic E-state index is 14.3. The highest BCUT2D eigenvalue weighted by Crippen LogP contribution is 2.37. The molecule has 1 aliphatic heterocycles. The van der Waals surface area contributed by atoms with E-state index in [1.165, 1.54) is 18.5 Å². The molecule has 0 spiro atoms. The fourth-order valence-electron chi connectivity index (χ4n) is 4.62. The number of rotatable bonds is 3. The average Bonchev–Trinajstić information content (AvgIpc) is 3.23. The maximum atomic E-state index is 14.3. The molecule has 4 aromatic rings. The van der Waals surface area contributed by atoms with E-state index >= 15 is 0 Å². The highest BCUT2D eigenvalue weighted by molar-refractivity contribution is 6.30. The first kappa shape index (κ1) is 25.0. The number of nitrogens with zero attached hydrogens (tertiary/aromatic N) is 6. The van der Waals surface area contributed by atoms with Gasteiger partial charge in [0.2, 0.25) is 0 Å². The van der Waals surface area contributed by atoms with E-state index in [2.05, 4.69) is 19.9 Å². The molecule has 192 valence electrons. The van der Waals surface area contributed by atoms with Gasteiger partial charge in [-0.2, -0.15) is 0 Å². The SMILES string of the molecule is C[C@@H]1CN(c2ncnc3c2c(-c2ccccn2)cn3-c2cc(F)cc(Cl)c2)CCN1C(=O)OC(C)(C)C. The van der Waals surface area contributed by atoms with E-state index in [1.807, 2.05) is 52.1 Å². The fourth-order valence-corrected chi connectivity index (χ4v) is 4.83. The molecule has 1 amide bonds. The second kappa shape index (κ2) is 9.63. The Hall–Kier alpha value is -3.72. The van der Waals surface area contributed by atoms with Gasteiger partial charge in [-0.1, -0.05) is 17.7 Å². The summed E-state index contributed by atoms with van der Waals surface area (Å²) >= 11 is 6.17. The van der Waals surface area contributed by atoms with Crippen molar-refractivity contribution in [3.63, 3.8) is 0 Å². The zero-order valence-electron chi connectivity index (χ0n) is 21.2. The number of anilines is 1. The monoisotopic (exact) mass is 522 g/mol. The van der Waals surface area contributed by atoms with Crippen molar-refractivity contribution in [1.82, 2.24) is 24.4 Å². The summed E-state index contributed by atoms with van der Waals surface area (Å²) in [6.07, 6.45) is 4.79. The van der Waals surface area contributed by atoms with E-state index in [1.54, 1.807) is 21.7 Å². The molecule has 1 atom stereocenters. The molecular weight excluding hydrogens is 495 g/mol. The van der Waals surface area contributed by atoms with Crippen molar-refractivity contribution in [1.29, 1.82) is 0 Å². The molecule has 37 heavy (non-hydrogen) atoms. The minimum absolute atomic E-state index is 0.101. The Morgan fingerprint density at radius 2 is 1.95 bits per heavy atom. The van der Waals surface area contributed by atoms with E-state index in [0.717, 1.165) is 22.5 Å². The van der Waals surface area contributed by atoms with Gasteiger partial charge in [0, 0.05) is 48.7 Å². The van der Waals surface area contributed by atoms with Gasteiger partial charge in [0.05, 0.1) is 16.8 Å². The molecule has 10 heteroatoms. The van der Waals surface area contributed by atoms with Crippen molar-refractivity contribution in [3.8, 4) is 16.9 Å². The van der Waals surface area contributed by atoms with Crippen LogP contribution in [0, 0.1) is 5.82 Å². The van der Waals surface area contributed by atoms with Crippen LogP contribution in [0.5, 0.6) is 0 Å². The number of aromatic nitrogens is 4. The van der Waals surface area contributed by atoms with Gasteiger partial charge in [-0.15, -0.1) is 0 Å². The van der Waals surface area contributed by atoms with Crippen molar-refractivity contribution in [2.24, 2.45) is 0 Å². The molecule has 0 saturated carbocycles. The molecule has 1 fully saturated rings. The van der Waals surface area contributed by atoms with Gasteiger partial charge in [-0.05, 0) is 58.0 Å². The first-order valence-corrected chi connectivity index (χ1v) is 12.5. The first-order valence-electron chi connectivity index (χ1n) is 12.1. The van der Waals surface area contributed by atoms with E-state index in [9.17, 15) is 9.18 Å². The van der Waals surface area contributed by atoms with Gasteiger partial charge >= 0.3 is 6.09 Å². The van der Waals surface area contributed by atoms with Gasteiger partial charge in [-0.25, -0.2) is 19.2 Å². The molecule has 1 saturated heterocycles. The summed E-state index contributed by atoms with van der Waals surface area (Å²) in [4.78, 5) is 30.4. The lowest BCUT2D eigenvalue weighted by atomic mass is 10.1. The number of piperazine rings is 1. The number of pyridine rings is 1. The van der Waals surface area contributed by atoms with Gasteiger partial charge in [-0.3, -0.25) is 4.98 Å². The Morgan fingerprint density at radius 3 is 2.62 bits per heavy atom. The molecule has 0 radical (unpaired) electrons. The second-order valence-electron chi connectivity index (χ2n) is 10.1. The highest BCUT2D eigenvalue weighted by Gasteiger charge is 2.32.